The Bertz CT molecular complexity index is 324. The van der Waals surface area contributed by atoms with Crippen molar-refractivity contribution in [3.05, 3.63) is 5.53 Å². The van der Waals surface area contributed by atoms with Gasteiger partial charge in [0, 0.05) is 12.8 Å². The van der Waals surface area contributed by atoms with Crippen LogP contribution in [-0.4, -0.2) is 10.5 Å². The van der Waals surface area contributed by atoms with E-state index in [4.69, 9.17) is 0 Å². The van der Waals surface area contributed by atoms with Crippen molar-refractivity contribution >= 4 is 5.71 Å². The standard InChI is InChI=1S/C18H32N2/c1-2-16-10-6-7-11-17(16)12-13-18(20-19)14-15-8-4-3-5-9-15/h15-17H,2-14H2,1H3. The summed E-state index contributed by atoms with van der Waals surface area (Å²) in [6.07, 6.45) is 17.2. The number of hydrogen-bond donors (Lipinski definition) is 0. The van der Waals surface area contributed by atoms with Crippen molar-refractivity contribution in [3.63, 3.8) is 0 Å². The lowest BCUT2D eigenvalue weighted by molar-refractivity contribution is -0.0141. The van der Waals surface area contributed by atoms with Gasteiger partial charge in [-0.15, -0.1) is 0 Å². The van der Waals surface area contributed by atoms with E-state index in [0.29, 0.717) is 0 Å². The Kier molecular flexibility index (Phi) is 6.79. The highest BCUT2D eigenvalue weighted by Gasteiger charge is 2.26. The van der Waals surface area contributed by atoms with Crippen molar-refractivity contribution < 1.29 is 4.79 Å². The Labute approximate surface area is 125 Å². The Morgan fingerprint density at radius 1 is 0.950 bits per heavy atom. The van der Waals surface area contributed by atoms with Crippen molar-refractivity contribution in [1.29, 1.82) is 0 Å². The topological polar surface area (TPSA) is 36.4 Å². The number of nitrogens with zero attached hydrogens (tertiary/aromatic N) is 2. The van der Waals surface area contributed by atoms with Crippen molar-refractivity contribution in [2.24, 2.45) is 17.8 Å². The Morgan fingerprint density at radius 2 is 1.60 bits per heavy atom. The quantitative estimate of drug-likeness (QED) is 0.343. The van der Waals surface area contributed by atoms with Gasteiger partial charge in [0.05, 0.1) is 0 Å². The molecule has 0 heterocycles. The first kappa shape index (κ1) is 15.8. The van der Waals surface area contributed by atoms with Gasteiger partial charge in [-0.2, -0.15) is 4.79 Å². The second-order valence-electron chi connectivity index (χ2n) is 7.13. The van der Waals surface area contributed by atoms with Gasteiger partial charge < -0.3 is 5.53 Å². The highest BCUT2D eigenvalue weighted by molar-refractivity contribution is 5.79. The average molecular weight is 276 g/mol. The van der Waals surface area contributed by atoms with Crippen LogP contribution in [0.4, 0.5) is 0 Å². The van der Waals surface area contributed by atoms with Crippen LogP contribution in [0.1, 0.15) is 90.4 Å². The third-order valence-corrected chi connectivity index (χ3v) is 5.79. The van der Waals surface area contributed by atoms with E-state index in [-0.39, 0.29) is 0 Å². The molecule has 0 aromatic rings. The van der Waals surface area contributed by atoms with Crippen LogP contribution in [0.5, 0.6) is 0 Å². The van der Waals surface area contributed by atoms with Gasteiger partial charge in [0.1, 0.15) is 0 Å². The number of rotatable bonds is 6. The minimum absolute atomic E-state index is 0.794. The zero-order chi connectivity index (χ0) is 14.2. The predicted molar refractivity (Wildman–Crippen MR) is 84.8 cm³/mol. The smallest absolute Gasteiger partial charge is 0.269 e. The second-order valence-corrected chi connectivity index (χ2v) is 7.13. The maximum atomic E-state index is 9.30. The van der Waals surface area contributed by atoms with Crippen molar-refractivity contribution in [2.45, 2.75) is 90.4 Å². The predicted octanol–water partition coefficient (Wildman–Crippen LogP) is 5.62. The van der Waals surface area contributed by atoms with E-state index in [1.807, 2.05) is 0 Å². The van der Waals surface area contributed by atoms with Gasteiger partial charge in [-0.05, 0) is 37.0 Å². The lowest BCUT2D eigenvalue weighted by Gasteiger charge is -2.30. The molecular weight excluding hydrogens is 244 g/mol. The van der Waals surface area contributed by atoms with E-state index in [0.717, 1.165) is 36.3 Å². The van der Waals surface area contributed by atoms with Crippen LogP contribution in [0.25, 0.3) is 5.53 Å². The van der Waals surface area contributed by atoms with Gasteiger partial charge in [0.15, 0.2) is 0 Å². The van der Waals surface area contributed by atoms with Crippen molar-refractivity contribution in [1.82, 2.24) is 0 Å². The molecule has 0 spiro atoms. The third kappa shape index (κ3) is 4.74. The highest BCUT2D eigenvalue weighted by Crippen LogP contribution is 2.35. The molecule has 0 saturated heterocycles. The van der Waals surface area contributed by atoms with Gasteiger partial charge in [-0.3, -0.25) is 0 Å². The monoisotopic (exact) mass is 276 g/mol. The molecule has 2 fully saturated rings. The molecule has 0 aliphatic heterocycles. The molecule has 0 bridgehead atoms. The molecule has 0 aromatic heterocycles. The molecule has 2 heteroatoms. The molecule has 0 aromatic carbocycles. The Morgan fingerprint density at radius 3 is 2.25 bits per heavy atom. The fraction of sp³-hybridized carbons (Fsp3) is 0.944. The highest BCUT2D eigenvalue weighted by atomic mass is 14.9. The van der Waals surface area contributed by atoms with Crippen LogP contribution in [0, 0.1) is 17.8 Å². The molecule has 0 amide bonds. The molecule has 114 valence electrons. The van der Waals surface area contributed by atoms with E-state index >= 15 is 0 Å². The molecule has 2 unspecified atom stereocenters. The van der Waals surface area contributed by atoms with Crippen LogP contribution < -0.4 is 0 Å². The summed E-state index contributed by atoms with van der Waals surface area (Å²) < 4.78 is 0. The maximum absolute atomic E-state index is 9.30. The molecule has 2 atom stereocenters. The van der Waals surface area contributed by atoms with Gasteiger partial charge in [0.25, 0.3) is 5.71 Å². The lowest BCUT2D eigenvalue weighted by Crippen LogP contribution is -2.21. The van der Waals surface area contributed by atoms with Crippen LogP contribution in [-0.2, 0) is 0 Å². The summed E-state index contributed by atoms with van der Waals surface area (Å²) in [6, 6.07) is 0. The van der Waals surface area contributed by atoms with Crippen LogP contribution >= 0.6 is 0 Å². The second kappa shape index (κ2) is 8.62. The Balaban J connectivity index is 1.76. The molecule has 2 nitrogen and oxygen atoms in total. The normalized spacial score (nSPS) is 28.1. The van der Waals surface area contributed by atoms with E-state index in [9.17, 15) is 5.53 Å². The van der Waals surface area contributed by atoms with Crippen molar-refractivity contribution in [3.8, 4) is 0 Å². The SMILES string of the molecule is CCC1CCCCC1CCC(CC1CCCCC1)=[N+]=[N-]. The van der Waals surface area contributed by atoms with E-state index in [1.165, 1.54) is 70.6 Å². The molecule has 0 N–H and O–H groups in total. The van der Waals surface area contributed by atoms with E-state index in [1.54, 1.807) is 0 Å². The summed E-state index contributed by atoms with van der Waals surface area (Å²) in [4.78, 5) is 3.63. The van der Waals surface area contributed by atoms with Gasteiger partial charge in [-0.1, -0.05) is 58.3 Å². The van der Waals surface area contributed by atoms with Gasteiger partial charge >= 0.3 is 0 Å². The summed E-state index contributed by atoms with van der Waals surface area (Å²) in [5.41, 5.74) is 10.4. The van der Waals surface area contributed by atoms with Gasteiger partial charge in [0.2, 0.25) is 0 Å². The molecule has 2 aliphatic carbocycles. The van der Waals surface area contributed by atoms with Crippen molar-refractivity contribution in [2.75, 3.05) is 0 Å². The summed E-state index contributed by atoms with van der Waals surface area (Å²) in [5.74, 6) is 2.61. The summed E-state index contributed by atoms with van der Waals surface area (Å²) >= 11 is 0. The van der Waals surface area contributed by atoms with E-state index in [2.05, 4.69) is 11.7 Å². The van der Waals surface area contributed by atoms with Gasteiger partial charge in [-0.25, -0.2) is 0 Å². The molecule has 2 saturated carbocycles. The van der Waals surface area contributed by atoms with Crippen LogP contribution in [0.2, 0.25) is 0 Å². The summed E-state index contributed by atoms with van der Waals surface area (Å²) in [6.45, 7) is 2.34. The summed E-state index contributed by atoms with van der Waals surface area (Å²) in [7, 11) is 0. The minimum atomic E-state index is 0.794. The third-order valence-electron chi connectivity index (χ3n) is 5.79. The minimum Gasteiger partial charge on any atom is -0.362 e. The zero-order valence-corrected chi connectivity index (χ0v) is 13.3. The Hall–Kier alpha value is -0.620. The fourth-order valence-electron chi connectivity index (χ4n) is 4.47. The zero-order valence-electron chi connectivity index (χ0n) is 13.3. The maximum Gasteiger partial charge on any atom is 0.269 e. The van der Waals surface area contributed by atoms with Crippen LogP contribution in [0.3, 0.4) is 0 Å². The molecule has 0 radical (unpaired) electrons. The van der Waals surface area contributed by atoms with E-state index < -0.39 is 0 Å². The molecule has 2 aliphatic rings. The lowest BCUT2D eigenvalue weighted by atomic mass is 9.75. The first-order chi connectivity index (χ1) is 9.83. The average Bonchev–Trinajstić information content (AvgIpc) is 2.52. The molecular formula is C18H32N2. The number of hydrogen-bond acceptors (Lipinski definition) is 0. The molecule has 20 heavy (non-hydrogen) atoms. The first-order valence-electron chi connectivity index (χ1n) is 9.03. The largest absolute Gasteiger partial charge is 0.362 e. The fourth-order valence-corrected chi connectivity index (χ4v) is 4.47. The summed E-state index contributed by atoms with van der Waals surface area (Å²) in [5, 5.41) is 0. The first-order valence-corrected chi connectivity index (χ1v) is 9.03. The van der Waals surface area contributed by atoms with Crippen LogP contribution in [0.15, 0.2) is 0 Å². The molecule has 2 rings (SSSR count).